The van der Waals surface area contributed by atoms with Gasteiger partial charge in [-0.1, -0.05) is 6.07 Å². The van der Waals surface area contributed by atoms with E-state index >= 15 is 0 Å². The van der Waals surface area contributed by atoms with Crippen LogP contribution in [0.2, 0.25) is 0 Å². The van der Waals surface area contributed by atoms with Crippen molar-refractivity contribution in [3.05, 3.63) is 77.0 Å². The third-order valence-corrected chi connectivity index (χ3v) is 6.09. The Bertz CT molecular complexity index is 1260. The minimum absolute atomic E-state index is 0.0751. The Morgan fingerprint density at radius 3 is 2.63 bits per heavy atom. The highest BCUT2D eigenvalue weighted by atomic mass is 32.2. The maximum atomic E-state index is 12.8. The Kier molecular flexibility index (Phi) is 7.51. The fourth-order valence-corrected chi connectivity index (χ4v) is 4.33. The van der Waals surface area contributed by atoms with Gasteiger partial charge in [0.05, 0.1) is 24.3 Å². The van der Waals surface area contributed by atoms with Crippen LogP contribution in [0.5, 0.6) is 11.5 Å². The van der Waals surface area contributed by atoms with E-state index < -0.39 is 5.91 Å². The average molecular weight is 493 g/mol. The number of thioether (sulfide) groups is 1. The number of benzene rings is 2. The van der Waals surface area contributed by atoms with Gasteiger partial charge in [-0.25, -0.2) is 4.68 Å². The molecule has 1 aliphatic rings. The van der Waals surface area contributed by atoms with Gasteiger partial charge in [0, 0.05) is 31.0 Å². The molecule has 0 spiro atoms. The van der Waals surface area contributed by atoms with Gasteiger partial charge in [-0.15, -0.1) is 0 Å². The third-order valence-electron chi connectivity index (χ3n) is 5.18. The maximum Gasteiger partial charge on any atom is 0.293 e. The van der Waals surface area contributed by atoms with Crippen LogP contribution in [0.4, 0.5) is 4.79 Å². The molecule has 0 aliphatic carbocycles. The second-order valence-electron chi connectivity index (χ2n) is 7.43. The van der Waals surface area contributed by atoms with Crippen LogP contribution in [0, 0.1) is 0 Å². The summed E-state index contributed by atoms with van der Waals surface area (Å²) >= 11 is 0.866. The van der Waals surface area contributed by atoms with Gasteiger partial charge in [0.25, 0.3) is 17.1 Å². The lowest BCUT2D eigenvalue weighted by Gasteiger charge is -2.13. The number of aromatic nitrogens is 2. The fraction of sp³-hybridized carbons (Fsp3) is 0.200. The highest BCUT2D eigenvalue weighted by molar-refractivity contribution is 8.18. The third kappa shape index (κ3) is 5.55. The Hall–Kier alpha value is -4.05. The average Bonchev–Trinajstić information content (AvgIpc) is 3.50. The molecule has 0 atom stereocenters. The summed E-state index contributed by atoms with van der Waals surface area (Å²) in [6, 6.07) is 14.1. The summed E-state index contributed by atoms with van der Waals surface area (Å²) in [5.74, 6) is 0.457. The van der Waals surface area contributed by atoms with Crippen LogP contribution in [-0.4, -0.2) is 58.5 Å². The Balaban J connectivity index is 1.34. The molecule has 2 aromatic carbocycles. The van der Waals surface area contributed by atoms with Crippen molar-refractivity contribution < 1.29 is 23.9 Å². The SMILES string of the molecule is CCOc1ccc(/C=C2\SC(=O)N(CCNC(=O)c3ccc(-n4cccn4)cc3)C2=O)cc1OC. The molecule has 1 fully saturated rings. The molecule has 1 aromatic heterocycles. The van der Waals surface area contributed by atoms with Crippen molar-refractivity contribution in [2.45, 2.75) is 6.92 Å². The van der Waals surface area contributed by atoms with Crippen LogP contribution < -0.4 is 14.8 Å². The van der Waals surface area contributed by atoms with E-state index in [-0.39, 0.29) is 24.2 Å². The van der Waals surface area contributed by atoms with Crippen LogP contribution in [0.15, 0.2) is 65.8 Å². The summed E-state index contributed by atoms with van der Waals surface area (Å²) in [6.07, 6.45) is 5.13. The molecule has 2 heterocycles. The van der Waals surface area contributed by atoms with Crippen LogP contribution in [0.3, 0.4) is 0 Å². The van der Waals surface area contributed by atoms with E-state index in [1.807, 2.05) is 19.2 Å². The Labute approximate surface area is 206 Å². The number of amides is 3. The van der Waals surface area contributed by atoms with Gasteiger partial charge in [-0.05, 0) is 72.8 Å². The minimum atomic E-state index is -0.398. The molecule has 0 unspecified atom stereocenters. The van der Waals surface area contributed by atoms with Gasteiger partial charge in [-0.3, -0.25) is 19.3 Å². The van der Waals surface area contributed by atoms with Gasteiger partial charge in [-0.2, -0.15) is 5.10 Å². The van der Waals surface area contributed by atoms with Crippen molar-refractivity contribution in [1.82, 2.24) is 20.0 Å². The fourth-order valence-electron chi connectivity index (χ4n) is 3.46. The van der Waals surface area contributed by atoms with Crippen LogP contribution in [0.25, 0.3) is 11.8 Å². The molecule has 1 saturated heterocycles. The number of ether oxygens (including phenoxy) is 2. The number of hydrogen-bond donors (Lipinski definition) is 1. The van der Waals surface area contributed by atoms with Crippen LogP contribution >= 0.6 is 11.8 Å². The van der Waals surface area contributed by atoms with Gasteiger partial charge in [0.2, 0.25) is 0 Å². The van der Waals surface area contributed by atoms with Gasteiger partial charge in [0.1, 0.15) is 0 Å². The van der Waals surface area contributed by atoms with Gasteiger partial charge < -0.3 is 14.8 Å². The molecule has 180 valence electrons. The second kappa shape index (κ2) is 10.9. The van der Waals surface area contributed by atoms with Crippen LogP contribution in [-0.2, 0) is 4.79 Å². The number of methoxy groups -OCH3 is 1. The van der Waals surface area contributed by atoms with E-state index in [1.54, 1.807) is 59.4 Å². The van der Waals surface area contributed by atoms with E-state index in [1.165, 1.54) is 7.11 Å². The van der Waals surface area contributed by atoms with Crippen molar-refractivity contribution in [1.29, 1.82) is 0 Å². The lowest BCUT2D eigenvalue weighted by atomic mass is 10.2. The molecule has 3 amide bonds. The number of nitrogens with one attached hydrogen (secondary N) is 1. The van der Waals surface area contributed by atoms with E-state index in [2.05, 4.69) is 10.4 Å². The van der Waals surface area contributed by atoms with Crippen molar-refractivity contribution in [3.63, 3.8) is 0 Å². The largest absolute Gasteiger partial charge is 0.493 e. The van der Waals surface area contributed by atoms with Crippen LogP contribution in [0.1, 0.15) is 22.8 Å². The monoisotopic (exact) mass is 492 g/mol. The molecule has 10 heteroatoms. The molecular weight excluding hydrogens is 468 g/mol. The Morgan fingerprint density at radius 1 is 1.14 bits per heavy atom. The maximum absolute atomic E-state index is 12.8. The quantitative estimate of drug-likeness (QED) is 0.454. The first-order valence-electron chi connectivity index (χ1n) is 10.9. The summed E-state index contributed by atoms with van der Waals surface area (Å²) in [5.41, 5.74) is 2.02. The normalized spacial score (nSPS) is 14.5. The molecule has 9 nitrogen and oxygen atoms in total. The molecule has 4 rings (SSSR count). The Morgan fingerprint density at radius 2 is 1.94 bits per heavy atom. The first-order valence-corrected chi connectivity index (χ1v) is 11.8. The van der Waals surface area contributed by atoms with E-state index in [0.717, 1.165) is 22.3 Å². The molecule has 3 aromatic rings. The first kappa shape index (κ1) is 24.1. The molecule has 35 heavy (non-hydrogen) atoms. The predicted octanol–water partition coefficient (Wildman–Crippen LogP) is 3.75. The molecule has 0 bridgehead atoms. The van der Waals surface area contributed by atoms with E-state index in [9.17, 15) is 14.4 Å². The molecular formula is C25H24N4O5S. The molecule has 1 N–H and O–H groups in total. The second-order valence-corrected chi connectivity index (χ2v) is 8.42. The lowest BCUT2D eigenvalue weighted by molar-refractivity contribution is -0.122. The van der Waals surface area contributed by atoms with Crippen molar-refractivity contribution in [2.24, 2.45) is 0 Å². The highest BCUT2D eigenvalue weighted by Gasteiger charge is 2.34. The lowest BCUT2D eigenvalue weighted by Crippen LogP contribution is -2.37. The first-order chi connectivity index (χ1) is 17.0. The zero-order chi connectivity index (χ0) is 24.8. The number of hydrogen-bond acceptors (Lipinski definition) is 7. The number of carbonyl (C=O) groups excluding carboxylic acids is 3. The molecule has 0 saturated carbocycles. The minimum Gasteiger partial charge on any atom is -0.493 e. The summed E-state index contributed by atoms with van der Waals surface area (Å²) in [6.45, 7) is 2.60. The summed E-state index contributed by atoms with van der Waals surface area (Å²) < 4.78 is 12.5. The number of rotatable bonds is 9. The topological polar surface area (TPSA) is 103 Å². The van der Waals surface area contributed by atoms with E-state index in [4.69, 9.17) is 9.47 Å². The number of nitrogens with zero attached hydrogens (tertiary/aromatic N) is 3. The molecule has 1 aliphatic heterocycles. The summed E-state index contributed by atoms with van der Waals surface area (Å²) in [4.78, 5) is 39.1. The zero-order valence-corrected chi connectivity index (χ0v) is 20.1. The number of imide groups is 1. The van der Waals surface area contributed by atoms with Crippen molar-refractivity contribution in [3.8, 4) is 17.2 Å². The van der Waals surface area contributed by atoms with E-state index in [0.29, 0.717) is 34.1 Å². The standard InChI is InChI=1S/C25H24N4O5S/c1-3-34-20-10-5-17(15-21(20)33-2)16-22-24(31)28(25(32)35-22)14-12-26-23(30)18-6-8-19(9-7-18)29-13-4-11-27-29/h4-11,13,15-16H,3,12,14H2,1-2H3,(H,26,30)/b22-16-. The highest BCUT2D eigenvalue weighted by Crippen LogP contribution is 2.34. The molecule has 0 radical (unpaired) electrons. The van der Waals surface area contributed by atoms with Gasteiger partial charge in [0.15, 0.2) is 11.5 Å². The smallest absolute Gasteiger partial charge is 0.293 e. The van der Waals surface area contributed by atoms with Crippen molar-refractivity contribution >= 4 is 34.9 Å². The zero-order valence-electron chi connectivity index (χ0n) is 19.3. The summed E-state index contributed by atoms with van der Waals surface area (Å²) in [5, 5.41) is 6.52. The van der Waals surface area contributed by atoms with Crippen molar-refractivity contribution in [2.75, 3.05) is 26.8 Å². The number of carbonyl (C=O) groups is 3. The van der Waals surface area contributed by atoms with Gasteiger partial charge >= 0.3 is 0 Å². The summed E-state index contributed by atoms with van der Waals surface area (Å²) in [7, 11) is 1.54. The predicted molar refractivity (Wildman–Crippen MR) is 133 cm³/mol.